The number of amides is 1. The molecule has 31 heavy (non-hydrogen) atoms. The Kier molecular flexibility index (Phi) is 5.72. The lowest BCUT2D eigenvalue weighted by molar-refractivity contribution is 0.0965. The minimum Gasteiger partial charge on any atom is -0.348 e. The first-order valence-electron chi connectivity index (χ1n) is 10.7. The van der Waals surface area contributed by atoms with Gasteiger partial charge in [0.25, 0.3) is 5.91 Å². The predicted octanol–water partition coefficient (Wildman–Crippen LogP) is 3.96. The lowest BCUT2D eigenvalue weighted by Crippen LogP contribution is -2.45. The third-order valence-corrected chi connectivity index (χ3v) is 6.36. The Bertz CT molecular complexity index is 1090. The number of fused-ring (bicyclic) bond motifs is 1. The first-order valence-corrected chi connectivity index (χ1v) is 11.1. The first kappa shape index (κ1) is 20.2. The Morgan fingerprint density at radius 3 is 2.45 bits per heavy atom. The normalized spacial score (nSPS) is 16.9. The van der Waals surface area contributed by atoms with Crippen LogP contribution in [-0.2, 0) is 19.6 Å². The van der Waals surface area contributed by atoms with Crippen LogP contribution >= 0.6 is 11.6 Å². The molecule has 1 N–H and O–H groups in total. The van der Waals surface area contributed by atoms with Crippen LogP contribution in [0.2, 0.25) is 5.02 Å². The topological polar surface area (TPSA) is 48.5 Å². The van der Waals surface area contributed by atoms with E-state index in [4.69, 9.17) is 11.6 Å². The SMILES string of the molecule is O=C1NCc2cc(CN3CCN(Cc4ccccc4-c4ccc(Cl)cn4)CC3)ccc21. The molecular formula is C25H25ClN4O. The van der Waals surface area contributed by atoms with Gasteiger partial charge in [-0.25, -0.2) is 0 Å². The predicted molar refractivity (Wildman–Crippen MR) is 123 cm³/mol. The standard InChI is InChI=1S/C25H25ClN4O/c26-21-6-8-24(27-15-21)22-4-2-1-3-19(22)17-30-11-9-29(10-12-30)16-18-5-7-23-20(13-18)14-28-25(23)31/h1-8,13,15H,9-12,14,16-17H2,(H,28,31). The third-order valence-electron chi connectivity index (χ3n) is 6.14. The number of carbonyl (C=O) groups excluding carboxylic acids is 1. The van der Waals surface area contributed by atoms with Gasteiger partial charge >= 0.3 is 0 Å². The molecule has 2 aromatic carbocycles. The van der Waals surface area contributed by atoms with Crippen molar-refractivity contribution in [1.82, 2.24) is 20.1 Å². The molecule has 2 aliphatic heterocycles. The quantitative estimate of drug-likeness (QED) is 0.663. The Morgan fingerprint density at radius 1 is 0.903 bits per heavy atom. The summed E-state index contributed by atoms with van der Waals surface area (Å²) in [7, 11) is 0. The minimum absolute atomic E-state index is 0.0456. The molecule has 1 fully saturated rings. The van der Waals surface area contributed by atoms with Gasteiger partial charge in [0.2, 0.25) is 0 Å². The van der Waals surface area contributed by atoms with Gasteiger partial charge in [0, 0.05) is 63.1 Å². The number of rotatable bonds is 5. The zero-order chi connectivity index (χ0) is 21.2. The van der Waals surface area contributed by atoms with Gasteiger partial charge in [-0.05, 0) is 34.9 Å². The summed E-state index contributed by atoms with van der Waals surface area (Å²) in [4.78, 5) is 21.3. The summed E-state index contributed by atoms with van der Waals surface area (Å²) in [6, 6.07) is 18.6. The number of piperazine rings is 1. The fourth-order valence-electron chi connectivity index (χ4n) is 4.43. The van der Waals surface area contributed by atoms with Crippen molar-refractivity contribution in [3.05, 3.63) is 88.1 Å². The van der Waals surface area contributed by atoms with Gasteiger partial charge in [-0.3, -0.25) is 19.6 Å². The summed E-state index contributed by atoms with van der Waals surface area (Å²) < 4.78 is 0. The summed E-state index contributed by atoms with van der Waals surface area (Å²) >= 11 is 6.01. The lowest BCUT2D eigenvalue weighted by atomic mass is 10.0. The van der Waals surface area contributed by atoms with Gasteiger partial charge in [-0.2, -0.15) is 0 Å². The fraction of sp³-hybridized carbons (Fsp3) is 0.280. The summed E-state index contributed by atoms with van der Waals surface area (Å²) in [5, 5.41) is 3.55. The first-order chi connectivity index (χ1) is 15.2. The van der Waals surface area contributed by atoms with E-state index in [9.17, 15) is 4.79 Å². The van der Waals surface area contributed by atoms with Crippen LogP contribution in [0.5, 0.6) is 0 Å². The van der Waals surface area contributed by atoms with E-state index < -0.39 is 0 Å². The molecule has 158 valence electrons. The number of hydrogen-bond acceptors (Lipinski definition) is 4. The van der Waals surface area contributed by atoms with E-state index in [1.807, 2.05) is 18.2 Å². The average molecular weight is 433 g/mol. The van der Waals surface area contributed by atoms with Crippen LogP contribution in [0.3, 0.4) is 0 Å². The maximum Gasteiger partial charge on any atom is 0.251 e. The number of benzene rings is 2. The molecule has 0 atom stereocenters. The summed E-state index contributed by atoms with van der Waals surface area (Å²) in [5.41, 5.74) is 6.64. The number of carbonyl (C=O) groups is 1. The maximum absolute atomic E-state index is 11.7. The molecule has 3 aromatic rings. The molecule has 1 saturated heterocycles. The average Bonchev–Trinajstić information content (AvgIpc) is 3.16. The largest absolute Gasteiger partial charge is 0.348 e. The molecule has 3 heterocycles. The van der Waals surface area contributed by atoms with Crippen molar-refractivity contribution in [3.63, 3.8) is 0 Å². The van der Waals surface area contributed by atoms with Crippen LogP contribution in [0.1, 0.15) is 27.0 Å². The second-order valence-electron chi connectivity index (χ2n) is 8.25. The highest BCUT2D eigenvalue weighted by Crippen LogP contribution is 2.25. The van der Waals surface area contributed by atoms with Crippen LogP contribution in [-0.4, -0.2) is 46.9 Å². The van der Waals surface area contributed by atoms with Gasteiger partial charge < -0.3 is 5.32 Å². The number of pyridine rings is 1. The van der Waals surface area contributed by atoms with Crippen LogP contribution in [0, 0.1) is 0 Å². The molecule has 5 nitrogen and oxygen atoms in total. The van der Waals surface area contributed by atoms with Crippen LogP contribution in [0.4, 0.5) is 0 Å². The third kappa shape index (κ3) is 4.49. The van der Waals surface area contributed by atoms with Crippen molar-refractivity contribution in [2.75, 3.05) is 26.2 Å². The Balaban J connectivity index is 1.20. The molecule has 0 saturated carbocycles. The molecule has 0 aliphatic carbocycles. The Hall–Kier alpha value is -2.73. The lowest BCUT2D eigenvalue weighted by Gasteiger charge is -2.35. The van der Waals surface area contributed by atoms with Crippen molar-refractivity contribution in [2.24, 2.45) is 0 Å². The minimum atomic E-state index is 0.0456. The van der Waals surface area contributed by atoms with Crippen LogP contribution in [0.15, 0.2) is 60.8 Å². The highest BCUT2D eigenvalue weighted by molar-refractivity contribution is 6.30. The molecule has 0 spiro atoms. The number of halogens is 1. The molecular weight excluding hydrogens is 408 g/mol. The summed E-state index contributed by atoms with van der Waals surface area (Å²) in [5.74, 6) is 0.0456. The molecule has 2 aliphatic rings. The van der Waals surface area contributed by atoms with Gasteiger partial charge in [0.05, 0.1) is 10.7 Å². The maximum atomic E-state index is 11.7. The number of hydrogen-bond donors (Lipinski definition) is 1. The molecule has 0 radical (unpaired) electrons. The molecule has 1 aromatic heterocycles. The van der Waals surface area contributed by atoms with E-state index in [1.165, 1.54) is 16.7 Å². The zero-order valence-electron chi connectivity index (χ0n) is 17.4. The molecule has 6 heteroatoms. The molecule has 1 amide bonds. The monoisotopic (exact) mass is 432 g/mol. The van der Waals surface area contributed by atoms with Crippen molar-refractivity contribution in [3.8, 4) is 11.3 Å². The Morgan fingerprint density at radius 2 is 1.68 bits per heavy atom. The zero-order valence-corrected chi connectivity index (χ0v) is 18.1. The smallest absolute Gasteiger partial charge is 0.251 e. The summed E-state index contributed by atoms with van der Waals surface area (Å²) in [6.45, 7) is 6.64. The van der Waals surface area contributed by atoms with E-state index in [0.29, 0.717) is 11.6 Å². The summed E-state index contributed by atoms with van der Waals surface area (Å²) in [6.07, 6.45) is 1.71. The second-order valence-corrected chi connectivity index (χ2v) is 8.68. The van der Waals surface area contributed by atoms with E-state index in [0.717, 1.165) is 56.1 Å². The molecule has 5 rings (SSSR count). The van der Waals surface area contributed by atoms with Crippen molar-refractivity contribution < 1.29 is 4.79 Å². The van der Waals surface area contributed by atoms with E-state index in [1.54, 1.807) is 6.20 Å². The molecule has 0 unspecified atom stereocenters. The van der Waals surface area contributed by atoms with Crippen molar-refractivity contribution >= 4 is 17.5 Å². The second kappa shape index (κ2) is 8.79. The number of nitrogens with one attached hydrogen (secondary N) is 1. The van der Waals surface area contributed by atoms with E-state index in [-0.39, 0.29) is 5.91 Å². The highest BCUT2D eigenvalue weighted by Gasteiger charge is 2.21. The highest BCUT2D eigenvalue weighted by atomic mass is 35.5. The van der Waals surface area contributed by atoms with E-state index in [2.05, 4.69) is 56.5 Å². The molecule has 0 bridgehead atoms. The number of aromatic nitrogens is 1. The number of nitrogens with zero attached hydrogens (tertiary/aromatic N) is 3. The van der Waals surface area contributed by atoms with Gasteiger partial charge in [0.15, 0.2) is 0 Å². The fourth-order valence-corrected chi connectivity index (χ4v) is 4.54. The van der Waals surface area contributed by atoms with E-state index >= 15 is 0 Å². The van der Waals surface area contributed by atoms with Crippen molar-refractivity contribution in [2.45, 2.75) is 19.6 Å². The van der Waals surface area contributed by atoms with Crippen LogP contribution < -0.4 is 5.32 Å². The van der Waals surface area contributed by atoms with Gasteiger partial charge in [-0.15, -0.1) is 0 Å². The van der Waals surface area contributed by atoms with Crippen molar-refractivity contribution in [1.29, 1.82) is 0 Å². The van der Waals surface area contributed by atoms with Gasteiger partial charge in [0.1, 0.15) is 0 Å². The van der Waals surface area contributed by atoms with Gasteiger partial charge in [-0.1, -0.05) is 48.0 Å². The van der Waals surface area contributed by atoms with Crippen LogP contribution in [0.25, 0.3) is 11.3 Å². The Labute approximate surface area is 187 Å².